The Kier molecular flexibility index (Phi) is 34.4. The molecule has 0 heterocycles. The molecule has 2 N–H and O–H groups in total. The molecule has 0 radical (unpaired) electrons. The van der Waals surface area contributed by atoms with Crippen LogP contribution in [0.1, 0.15) is 168 Å². The molecule has 0 fully saturated rings. The van der Waals surface area contributed by atoms with Crippen LogP contribution in [0.2, 0.25) is 0 Å². The highest BCUT2D eigenvalue weighted by atomic mass is 31.2. The van der Waals surface area contributed by atoms with Crippen LogP contribution in [0, 0.1) is 0 Å². The summed E-state index contributed by atoms with van der Waals surface area (Å²) < 4.78 is 34.2. The lowest BCUT2D eigenvalue weighted by molar-refractivity contribution is -0.870. The number of carbonyl (C=O) groups excluding carboxylic acids is 2. The minimum Gasteiger partial charge on any atom is -0.462 e. The van der Waals surface area contributed by atoms with Gasteiger partial charge in [-0.25, -0.2) is 4.57 Å². The molecule has 0 aliphatic rings. The summed E-state index contributed by atoms with van der Waals surface area (Å²) in [6.45, 7) is 4.17. The van der Waals surface area contributed by atoms with Crippen LogP contribution in [0.3, 0.4) is 0 Å². The first kappa shape index (κ1) is 52.2. The van der Waals surface area contributed by atoms with Crippen molar-refractivity contribution in [1.82, 2.24) is 0 Å². The monoisotopic (exact) mass is 787 g/mol. The van der Waals surface area contributed by atoms with Crippen molar-refractivity contribution in [3.63, 3.8) is 0 Å². The highest BCUT2D eigenvalue weighted by Crippen LogP contribution is 2.43. The Hall–Kier alpha value is -1.81. The summed E-state index contributed by atoms with van der Waals surface area (Å²) in [6.07, 6.45) is 34.9. The summed E-state index contributed by atoms with van der Waals surface area (Å²) in [5.41, 5.74) is 0. The number of hydrogen-bond acceptors (Lipinski definition) is 8. The van der Waals surface area contributed by atoms with Gasteiger partial charge in [0.05, 0.1) is 33.9 Å². The van der Waals surface area contributed by atoms with Crippen molar-refractivity contribution >= 4 is 19.8 Å². The molecule has 0 aliphatic heterocycles. The predicted octanol–water partition coefficient (Wildman–Crippen LogP) is 10.7. The van der Waals surface area contributed by atoms with Gasteiger partial charge >= 0.3 is 19.8 Å². The number of allylic oxidation sites excluding steroid dienone is 5. The van der Waals surface area contributed by atoms with Gasteiger partial charge in [0.2, 0.25) is 0 Å². The molecule has 10 nitrogen and oxygen atoms in total. The summed E-state index contributed by atoms with van der Waals surface area (Å²) in [4.78, 5) is 35.3. The van der Waals surface area contributed by atoms with Gasteiger partial charge in [-0.05, 0) is 32.1 Å². The van der Waals surface area contributed by atoms with Gasteiger partial charge in [-0.15, -0.1) is 0 Å². The van der Waals surface area contributed by atoms with Gasteiger partial charge < -0.3 is 24.0 Å². The van der Waals surface area contributed by atoms with Gasteiger partial charge in [0.1, 0.15) is 19.8 Å². The largest absolute Gasteiger partial charge is 0.472 e. The highest BCUT2D eigenvalue weighted by molar-refractivity contribution is 7.47. The molecule has 0 rings (SSSR count). The van der Waals surface area contributed by atoms with Crippen molar-refractivity contribution in [2.45, 2.75) is 180 Å². The van der Waals surface area contributed by atoms with Crippen LogP contribution in [0.25, 0.3) is 0 Å². The maximum Gasteiger partial charge on any atom is 0.472 e. The molecule has 0 amide bonds. The molecule has 0 aromatic rings. The zero-order valence-electron chi connectivity index (χ0n) is 35.1. The van der Waals surface area contributed by atoms with E-state index in [2.05, 4.69) is 32.1 Å². The zero-order valence-corrected chi connectivity index (χ0v) is 36.0. The lowest BCUT2D eigenvalue weighted by Gasteiger charge is -2.24. The van der Waals surface area contributed by atoms with Crippen LogP contribution in [-0.4, -0.2) is 86.1 Å². The number of phosphoric ester groups is 1. The van der Waals surface area contributed by atoms with Gasteiger partial charge in [0, 0.05) is 12.8 Å². The number of rotatable bonds is 38. The third-order valence-corrected chi connectivity index (χ3v) is 10.0. The predicted molar refractivity (Wildman–Crippen MR) is 221 cm³/mol. The van der Waals surface area contributed by atoms with Crippen LogP contribution >= 0.6 is 7.82 Å². The molecule has 0 aromatic carbocycles. The number of quaternary nitrogens is 1. The van der Waals surface area contributed by atoms with Crippen LogP contribution in [0.4, 0.5) is 0 Å². The molecule has 316 valence electrons. The number of aliphatic hydroxyl groups excluding tert-OH is 1. The topological polar surface area (TPSA) is 129 Å². The van der Waals surface area contributed by atoms with Crippen LogP contribution < -0.4 is 0 Å². The molecular weight excluding hydrogens is 705 g/mol. The summed E-state index contributed by atoms with van der Waals surface area (Å²) in [7, 11) is 1.41. The van der Waals surface area contributed by atoms with Crippen molar-refractivity contribution in [2.75, 3.05) is 47.5 Å². The van der Waals surface area contributed by atoms with Gasteiger partial charge in [-0.3, -0.25) is 18.6 Å². The Balaban J connectivity index is 4.46. The summed E-state index contributed by atoms with van der Waals surface area (Å²) in [5.74, 6) is -0.873. The Morgan fingerprint density at radius 2 is 1.20 bits per heavy atom. The second-order valence-electron chi connectivity index (χ2n) is 15.6. The molecule has 0 saturated carbocycles. The summed E-state index contributed by atoms with van der Waals surface area (Å²) in [5, 5.41) is 10.1. The second-order valence-corrected chi connectivity index (χ2v) is 17.0. The van der Waals surface area contributed by atoms with Gasteiger partial charge in [0.15, 0.2) is 6.10 Å². The second kappa shape index (κ2) is 35.6. The van der Waals surface area contributed by atoms with E-state index in [0.717, 1.165) is 57.8 Å². The average molecular weight is 787 g/mol. The number of aliphatic hydroxyl groups is 1. The Bertz CT molecular complexity index is 1040. The molecule has 0 aliphatic carbocycles. The molecule has 2 unspecified atom stereocenters. The molecule has 0 spiro atoms. The standard InChI is InChI=1S/C43H80NO9P/c1-6-8-10-12-14-15-16-17-18-19-20-22-26-30-34-42(46)50-38-41(39-52-54(48,49)51-37-36-44(3,4)5)53-43(47)35-31-27-23-25-29-33-40(45)32-28-24-21-13-11-9-7-2/h9,11,21,24,28,32,40-41,45H,6-8,10,12-20,22-23,25-27,29-31,33-39H2,1-5H3/p+1/b11-9+,24-21+,32-28+/t40?,41-/m1/s1. The Labute approximate surface area is 330 Å². The van der Waals surface area contributed by atoms with Crippen molar-refractivity contribution < 1.29 is 47.2 Å². The third-order valence-electron chi connectivity index (χ3n) is 9.04. The highest BCUT2D eigenvalue weighted by Gasteiger charge is 2.27. The maximum absolute atomic E-state index is 12.7. The number of carbonyl (C=O) groups is 2. The SMILES string of the molecule is CC/C=C/C/C=C/C=C/C(O)CCCCCCCC(=O)O[C@H](COC(=O)CCCCCCCCCCCCCCCC)COP(=O)(O)OCC[N+](C)(C)C. The lowest BCUT2D eigenvalue weighted by Crippen LogP contribution is -2.37. The van der Waals surface area contributed by atoms with E-state index in [1.165, 1.54) is 70.6 Å². The fourth-order valence-electron chi connectivity index (χ4n) is 5.67. The number of unbranched alkanes of at least 4 members (excludes halogenated alkanes) is 17. The summed E-state index contributed by atoms with van der Waals surface area (Å²) in [6, 6.07) is 0. The average Bonchev–Trinajstić information content (AvgIpc) is 3.11. The van der Waals surface area contributed by atoms with E-state index in [1.807, 2.05) is 33.3 Å². The first-order valence-corrected chi connectivity index (χ1v) is 22.8. The van der Waals surface area contributed by atoms with E-state index >= 15 is 0 Å². The first-order chi connectivity index (χ1) is 25.9. The first-order valence-electron chi connectivity index (χ1n) is 21.3. The molecule has 11 heteroatoms. The van der Waals surface area contributed by atoms with Crippen LogP contribution in [-0.2, 0) is 32.7 Å². The lowest BCUT2D eigenvalue weighted by atomic mass is 10.0. The normalized spacial score (nSPS) is 14.6. The number of likely N-dealkylation sites (N-methyl/N-ethyl adjacent to an activating group) is 1. The number of phosphoric acid groups is 1. The fraction of sp³-hybridized carbons (Fsp3) is 0.814. The van der Waals surface area contributed by atoms with E-state index < -0.39 is 38.6 Å². The zero-order chi connectivity index (χ0) is 40.2. The minimum atomic E-state index is -4.40. The molecule has 0 saturated heterocycles. The molecule has 0 bridgehead atoms. The van der Waals surface area contributed by atoms with Crippen molar-refractivity contribution in [3.8, 4) is 0 Å². The van der Waals surface area contributed by atoms with Crippen LogP contribution in [0.15, 0.2) is 36.5 Å². The van der Waals surface area contributed by atoms with E-state index in [9.17, 15) is 24.2 Å². The molecule has 3 atom stereocenters. The van der Waals surface area contributed by atoms with Crippen molar-refractivity contribution in [2.24, 2.45) is 0 Å². The number of nitrogens with zero attached hydrogens (tertiary/aromatic N) is 1. The minimum absolute atomic E-state index is 0.0140. The molecule has 0 aromatic heterocycles. The van der Waals surface area contributed by atoms with E-state index in [-0.39, 0.29) is 26.1 Å². The molecular formula is C43H81NO9P+. The number of ether oxygens (including phenoxy) is 2. The molecule has 54 heavy (non-hydrogen) atoms. The number of hydrogen-bond donors (Lipinski definition) is 2. The van der Waals surface area contributed by atoms with Crippen molar-refractivity contribution in [1.29, 1.82) is 0 Å². The summed E-state index contributed by atoms with van der Waals surface area (Å²) >= 11 is 0. The van der Waals surface area contributed by atoms with E-state index in [4.69, 9.17) is 18.5 Å². The van der Waals surface area contributed by atoms with Crippen LogP contribution in [0.5, 0.6) is 0 Å². The maximum atomic E-state index is 12.7. The number of esters is 2. The van der Waals surface area contributed by atoms with E-state index in [0.29, 0.717) is 23.9 Å². The van der Waals surface area contributed by atoms with E-state index in [1.54, 1.807) is 6.08 Å². The fourth-order valence-corrected chi connectivity index (χ4v) is 6.41. The Morgan fingerprint density at radius 1 is 0.667 bits per heavy atom. The van der Waals surface area contributed by atoms with Crippen molar-refractivity contribution in [3.05, 3.63) is 36.5 Å². The van der Waals surface area contributed by atoms with Gasteiger partial charge in [-0.2, -0.15) is 0 Å². The quantitative estimate of drug-likeness (QED) is 0.0157. The third kappa shape index (κ3) is 38.5. The smallest absolute Gasteiger partial charge is 0.462 e. The van der Waals surface area contributed by atoms with Gasteiger partial charge in [0.25, 0.3) is 0 Å². The Morgan fingerprint density at radius 3 is 1.76 bits per heavy atom. The van der Waals surface area contributed by atoms with Gasteiger partial charge in [-0.1, -0.05) is 159 Å².